The lowest BCUT2D eigenvalue weighted by Gasteiger charge is -2.24. The third-order valence-electron chi connectivity index (χ3n) is 8.39. The van der Waals surface area contributed by atoms with Crippen LogP contribution < -0.4 is 30.7 Å². The highest BCUT2D eigenvalue weighted by Gasteiger charge is 2.29. The van der Waals surface area contributed by atoms with Gasteiger partial charge in [0.2, 0.25) is 24.1 Å². The van der Waals surface area contributed by atoms with Crippen molar-refractivity contribution in [2.75, 3.05) is 37.9 Å². The maximum Gasteiger partial charge on any atom is 0.292 e. The number of methoxy groups -OCH3 is 2. The normalized spacial score (nSPS) is 13.6. The van der Waals surface area contributed by atoms with Crippen LogP contribution in [0.2, 0.25) is 0 Å². The SMILES string of the molecule is C=CC1=C(/C=C\C)CC(CNc2cc(OCc3cc(CO)cc(NC(=O)C(C)NC(=O)CNC(=O)CCCCC)c3)c(OC)cc2C)N1C=O.CC.COC=O. The number of unbranched alkanes of at least 4 members (excludes halogenated alkanes) is 2. The van der Waals surface area contributed by atoms with Gasteiger partial charge >= 0.3 is 0 Å². The minimum Gasteiger partial charge on any atom is -0.493 e. The lowest BCUT2D eigenvalue weighted by molar-refractivity contribution is -0.128. The molecule has 0 aliphatic carbocycles. The number of aliphatic hydroxyl groups excluding tert-OH is 1. The van der Waals surface area contributed by atoms with Gasteiger partial charge in [-0.25, -0.2) is 0 Å². The monoisotopic (exact) mass is 779 g/mol. The Kier molecular flexibility index (Phi) is 23.4. The molecule has 3 rings (SSSR count). The Labute approximate surface area is 331 Å². The smallest absolute Gasteiger partial charge is 0.292 e. The first-order valence-corrected chi connectivity index (χ1v) is 18.8. The Balaban J connectivity index is 0.00000245. The number of amides is 4. The van der Waals surface area contributed by atoms with Crippen LogP contribution in [0.1, 0.15) is 83.4 Å². The molecular weight excluding hydrogens is 718 g/mol. The van der Waals surface area contributed by atoms with Crippen LogP contribution in [0.4, 0.5) is 11.4 Å². The molecule has 14 heteroatoms. The van der Waals surface area contributed by atoms with Crippen LogP contribution in [-0.2, 0) is 41.9 Å². The minimum atomic E-state index is -0.878. The number of carbonyl (C=O) groups excluding carboxylic acids is 5. The summed E-state index contributed by atoms with van der Waals surface area (Å²) in [5.41, 5.74) is 5.26. The van der Waals surface area contributed by atoms with Crippen molar-refractivity contribution in [1.82, 2.24) is 15.5 Å². The van der Waals surface area contributed by atoms with Gasteiger partial charge in [-0.15, -0.1) is 0 Å². The fourth-order valence-corrected chi connectivity index (χ4v) is 5.66. The van der Waals surface area contributed by atoms with Crippen molar-refractivity contribution in [3.63, 3.8) is 0 Å². The molecule has 14 nitrogen and oxygen atoms in total. The number of aryl methyl sites for hydroxylation is 1. The van der Waals surface area contributed by atoms with Gasteiger partial charge in [-0.05, 0) is 86.2 Å². The quantitative estimate of drug-likeness (QED) is 0.0780. The second-order valence-corrected chi connectivity index (χ2v) is 12.5. The van der Waals surface area contributed by atoms with Crippen LogP contribution in [0.25, 0.3) is 0 Å². The van der Waals surface area contributed by atoms with Gasteiger partial charge in [0.15, 0.2) is 11.5 Å². The maximum atomic E-state index is 12.9. The van der Waals surface area contributed by atoms with Crippen LogP contribution in [0.3, 0.4) is 0 Å². The molecule has 0 aromatic heterocycles. The minimum absolute atomic E-state index is 0.0929. The molecule has 5 N–H and O–H groups in total. The summed E-state index contributed by atoms with van der Waals surface area (Å²) in [5.74, 6) is -0.133. The van der Waals surface area contributed by atoms with Crippen molar-refractivity contribution in [2.24, 2.45) is 0 Å². The summed E-state index contributed by atoms with van der Waals surface area (Å²) < 4.78 is 15.7. The van der Waals surface area contributed by atoms with E-state index in [1.165, 1.54) is 7.11 Å². The molecule has 2 aromatic carbocycles. The second kappa shape index (κ2) is 27.0. The number of carbonyl (C=O) groups is 5. The van der Waals surface area contributed by atoms with Gasteiger partial charge in [0.1, 0.15) is 12.6 Å². The predicted octanol–water partition coefficient (Wildman–Crippen LogP) is 5.69. The van der Waals surface area contributed by atoms with Crippen molar-refractivity contribution in [3.8, 4) is 11.5 Å². The number of anilines is 2. The first-order chi connectivity index (χ1) is 27.0. The number of aliphatic hydroxyl groups is 1. The largest absolute Gasteiger partial charge is 0.493 e. The zero-order valence-corrected chi connectivity index (χ0v) is 34.2. The third-order valence-corrected chi connectivity index (χ3v) is 8.39. The first-order valence-electron chi connectivity index (χ1n) is 18.8. The van der Waals surface area contributed by atoms with Crippen molar-refractivity contribution >= 4 is 42.0 Å². The Bertz CT molecular complexity index is 1660. The standard InChI is InChI=1S/C38H51N5O7.C2H4O2.C2H6/c1-7-10-11-13-36(46)40-21-37(47)41-26(5)38(48)42-30-16-27(22-44)15-28(17-30)23-50-35-19-32(25(4)14-34(35)49-6)39-20-31-18-29(12-8-2)33(9-3)43(31)24-45;1-4-2-3;1-2/h8-9,12,14-17,19,24,26,31,39,44H,3,7,10-11,13,18,20-23H2,1-2,4-6H3,(H,40,46)(H,41,47)(H,42,48);2H,1H3;1-2H3/b12-8-;;. The molecule has 0 bridgehead atoms. The molecular formula is C42H61N5O9. The Morgan fingerprint density at radius 3 is 2.32 bits per heavy atom. The number of benzene rings is 2. The van der Waals surface area contributed by atoms with Crippen molar-refractivity contribution < 1.29 is 43.3 Å². The molecule has 0 saturated heterocycles. The molecule has 2 atom stereocenters. The molecule has 2 aromatic rings. The molecule has 1 aliphatic heterocycles. The average Bonchev–Trinajstić information content (AvgIpc) is 3.55. The number of rotatable bonds is 21. The molecule has 1 aliphatic rings. The molecule has 308 valence electrons. The Morgan fingerprint density at radius 2 is 1.73 bits per heavy atom. The van der Waals surface area contributed by atoms with E-state index in [1.807, 2.05) is 58.9 Å². The van der Waals surface area contributed by atoms with Crippen LogP contribution in [0.5, 0.6) is 11.5 Å². The lowest BCUT2D eigenvalue weighted by atomic mass is 10.1. The Morgan fingerprint density at radius 1 is 1.04 bits per heavy atom. The van der Waals surface area contributed by atoms with Gasteiger partial charge in [-0.3, -0.25) is 24.0 Å². The summed E-state index contributed by atoms with van der Waals surface area (Å²) in [6, 6.07) is 7.88. The van der Waals surface area contributed by atoms with E-state index in [1.54, 1.807) is 43.2 Å². The molecule has 0 radical (unpaired) electrons. The van der Waals surface area contributed by atoms with E-state index in [0.29, 0.717) is 54.2 Å². The van der Waals surface area contributed by atoms with Crippen molar-refractivity contribution in [1.29, 1.82) is 0 Å². The van der Waals surface area contributed by atoms with Crippen LogP contribution in [-0.4, -0.2) is 80.0 Å². The number of nitrogens with one attached hydrogen (secondary N) is 4. The number of allylic oxidation sites excluding steroid dienone is 3. The molecule has 0 spiro atoms. The summed E-state index contributed by atoms with van der Waals surface area (Å²) in [6.45, 7) is 15.9. The molecule has 0 saturated carbocycles. The highest BCUT2D eigenvalue weighted by molar-refractivity contribution is 5.97. The van der Waals surface area contributed by atoms with Crippen LogP contribution in [0, 0.1) is 6.92 Å². The molecule has 56 heavy (non-hydrogen) atoms. The lowest BCUT2D eigenvalue weighted by Crippen LogP contribution is -2.45. The topological polar surface area (TPSA) is 185 Å². The van der Waals surface area contributed by atoms with E-state index < -0.39 is 17.9 Å². The average molecular weight is 780 g/mol. The highest BCUT2D eigenvalue weighted by atomic mass is 16.5. The van der Waals surface area contributed by atoms with E-state index in [9.17, 15) is 24.3 Å². The number of hydrogen-bond donors (Lipinski definition) is 5. The zero-order valence-electron chi connectivity index (χ0n) is 34.2. The van der Waals surface area contributed by atoms with Gasteiger partial charge in [-0.1, -0.05) is 52.3 Å². The number of ether oxygens (including phenoxy) is 3. The highest BCUT2D eigenvalue weighted by Crippen LogP contribution is 2.35. The molecule has 4 amide bonds. The number of hydrogen-bond acceptors (Lipinski definition) is 10. The van der Waals surface area contributed by atoms with Gasteiger partial charge in [0.05, 0.1) is 33.4 Å². The molecule has 1 heterocycles. The van der Waals surface area contributed by atoms with Crippen LogP contribution in [0.15, 0.2) is 66.4 Å². The van der Waals surface area contributed by atoms with Crippen molar-refractivity contribution in [3.05, 3.63) is 83.1 Å². The summed E-state index contributed by atoms with van der Waals surface area (Å²) >= 11 is 0. The van der Waals surface area contributed by atoms with Crippen molar-refractivity contribution in [2.45, 2.75) is 98.9 Å². The van der Waals surface area contributed by atoms with E-state index in [4.69, 9.17) is 14.3 Å². The Hall–Kier alpha value is -5.63. The van der Waals surface area contributed by atoms with Gasteiger partial charge in [0, 0.05) is 36.1 Å². The second-order valence-electron chi connectivity index (χ2n) is 12.5. The van der Waals surface area contributed by atoms with Gasteiger partial charge in [-0.2, -0.15) is 0 Å². The van der Waals surface area contributed by atoms with Gasteiger partial charge in [0.25, 0.3) is 6.47 Å². The zero-order chi connectivity index (χ0) is 42.0. The maximum absolute atomic E-state index is 12.9. The fraction of sp³-hybridized carbons (Fsp3) is 0.452. The van der Waals surface area contributed by atoms with E-state index in [2.05, 4.69) is 32.6 Å². The van der Waals surface area contributed by atoms with E-state index >= 15 is 0 Å². The molecule has 2 unspecified atom stereocenters. The predicted molar refractivity (Wildman–Crippen MR) is 219 cm³/mol. The number of nitrogens with zero attached hydrogens (tertiary/aromatic N) is 1. The summed E-state index contributed by atoms with van der Waals surface area (Å²) in [7, 11) is 2.87. The van der Waals surface area contributed by atoms with Crippen LogP contribution >= 0.6 is 0 Å². The molecule has 0 fully saturated rings. The third kappa shape index (κ3) is 16.0. The van der Waals surface area contributed by atoms with E-state index in [0.717, 1.165) is 48.2 Å². The fourth-order valence-electron chi connectivity index (χ4n) is 5.66. The summed E-state index contributed by atoms with van der Waals surface area (Å²) in [6.07, 6.45) is 10.2. The first kappa shape index (κ1) is 48.4. The van der Waals surface area contributed by atoms with Gasteiger partial charge < -0.3 is 45.5 Å². The summed E-state index contributed by atoms with van der Waals surface area (Å²) in [4.78, 5) is 59.7. The summed E-state index contributed by atoms with van der Waals surface area (Å²) in [5, 5.41) is 21.3. The van der Waals surface area contributed by atoms with E-state index in [-0.39, 0.29) is 31.7 Å².